The number of β-amino-alcohol motifs (C(OH)–C–C–N with tert-alkyl or cyclic N) is 1. The number of aliphatic hydroxyl groups excluding tert-OH is 2. The first-order valence-electron chi connectivity index (χ1n) is 9.22. The minimum absolute atomic E-state index is 0.0697. The molecule has 2 heterocycles. The van der Waals surface area contributed by atoms with Crippen molar-refractivity contribution in [2.45, 2.75) is 31.4 Å². The van der Waals surface area contributed by atoms with Crippen LogP contribution in [-0.2, 0) is 11.2 Å². The van der Waals surface area contributed by atoms with Gasteiger partial charge in [-0.1, -0.05) is 31.2 Å². The van der Waals surface area contributed by atoms with Crippen molar-refractivity contribution in [2.75, 3.05) is 24.6 Å². The highest BCUT2D eigenvalue weighted by molar-refractivity contribution is 5.79. The molecule has 3 N–H and O–H groups in total. The Kier molecular flexibility index (Phi) is 6.24. The maximum atomic E-state index is 12.4. The predicted molar refractivity (Wildman–Crippen MR) is 106 cm³/mol. The lowest BCUT2D eigenvalue weighted by atomic mass is 10.00. The molecule has 28 heavy (non-hydrogen) atoms. The van der Waals surface area contributed by atoms with E-state index in [0.29, 0.717) is 24.6 Å². The maximum absolute atomic E-state index is 12.4. The van der Waals surface area contributed by atoms with Gasteiger partial charge in [0.05, 0.1) is 18.6 Å². The molecule has 3 atom stereocenters. The molecule has 1 amide bonds. The van der Waals surface area contributed by atoms with Gasteiger partial charge in [0.2, 0.25) is 5.91 Å². The molecule has 1 aromatic heterocycles. The summed E-state index contributed by atoms with van der Waals surface area (Å²) in [5, 5.41) is 30.4. The van der Waals surface area contributed by atoms with Crippen molar-refractivity contribution in [1.29, 1.82) is 0 Å². The molecule has 1 saturated heterocycles. The molecule has 0 saturated carbocycles. The molecular weight excluding hydrogens is 356 g/mol. The Bertz CT molecular complexity index is 845. The summed E-state index contributed by atoms with van der Waals surface area (Å²) in [4.78, 5) is 14.3. The van der Waals surface area contributed by atoms with Crippen molar-refractivity contribution < 1.29 is 15.0 Å². The monoisotopic (exact) mass is 380 g/mol. The van der Waals surface area contributed by atoms with E-state index in [1.807, 2.05) is 36.1 Å². The number of nitrogens with zero attached hydrogens (tertiary/aromatic N) is 3. The van der Waals surface area contributed by atoms with Gasteiger partial charge < -0.3 is 20.4 Å². The van der Waals surface area contributed by atoms with Gasteiger partial charge in [0.15, 0.2) is 5.82 Å². The zero-order valence-corrected chi connectivity index (χ0v) is 15.7. The van der Waals surface area contributed by atoms with Crippen molar-refractivity contribution >= 4 is 11.7 Å². The van der Waals surface area contributed by atoms with Crippen LogP contribution in [0.3, 0.4) is 0 Å². The Morgan fingerprint density at radius 3 is 2.64 bits per heavy atom. The summed E-state index contributed by atoms with van der Waals surface area (Å²) in [6, 6.07) is 10.7. The van der Waals surface area contributed by atoms with Crippen LogP contribution in [0.5, 0.6) is 0 Å². The second-order valence-electron chi connectivity index (χ2n) is 7.07. The Morgan fingerprint density at radius 1 is 1.29 bits per heavy atom. The van der Waals surface area contributed by atoms with E-state index >= 15 is 0 Å². The molecule has 0 radical (unpaired) electrons. The standard InChI is InChI=1S/C21H24N4O3/c1-3-17-8-9-20(24-23-17)25-11-18(19(27)12-25)22-21(28)10-15-4-6-16(7-5-15)14(2)13-26/h1,4-9,14,18-19,26-27H,10-13H2,2H3,(H,22,28)/t14?,18-,19-/m1/s1. The second kappa shape index (κ2) is 8.83. The third kappa shape index (κ3) is 4.66. The van der Waals surface area contributed by atoms with Crippen molar-refractivity contribution in [3.05, 3.63) is 53.2 Å². The van der Waals surface area contributed by atoms with E-state index < -0.39 is 6.10 Å². The van der Waals surface area contributed by atoms with E-state index in [1.54, 1.807) is 12.1 Å². The van der Waals surface area contributed by atoms with Gasteiger partial charge in [-0.3, -0.25) is 4.79 Å². The number of aromatic nitrogens is 2. The summed E-state index contributed by atoms with van der Waals surface area (Å²) in [6.45, 7) is 2.85. The highest BCUT2D eigenvalue weighted by Crippen LogP contribution is 2.19. The molecule has 0 bridgehead atoms. The van der Waals surface area contributed by atoms with Crippen LogP contribution in [0, 0.1) is 12.3 Å². The largest absolute Gasteiger partial charge is 0.396 e. The fourth-order valence-corrected chi connectivity index (χ4v) is 3.20. The number of aliphatic hydroxyl groups is 2. The van der Waals surface area contributed by atoms with Crippen LogP contribution in [0.2, 0.25) is 0 Å². The summed E-state index contributed by atoms with van der Waals surface area (Å²) < 4.78 is 0. The first-order valence-corrected chi connectivity index (χ1v) is 9.22. The van der Waals surface area contributed by atoms with E-state index in [1.165, 1.54) is 0 Å². The lowest BCUT2D eigenvalue weighted by Gasteiger charge is -2.17. The fourth-order valence-electron chi connectivity index (χ4n) is 3.20. The summed E-state index contributed by atoms with van der Waals surface area (Å²) in [6.07, 6.45) is 4.82. The van der Waals surface area contributed by atoms with E-state index in [2.05, 4.69) is 21.4 Å². The Labute approximate surface area is 164 Å². The van der Waals surface area contributed by atoms with Gasteiger partial charge in [0.25, 0.3) is 0 Å². The molecule has 2 aromatic rings. The van der Waals surface area contributed by atoms with Crippen molar-refractivity contribution in [3.8, 4) is 12.3 Å². The predicted octanol–water partition coefficient (Wildman–Crippen LogP) is 0.462. The van der Waals surface area contributed by atoms with E-state index in [-0.39, 0.29) is 30.9 Å². The van der Waals surface area contributed by atoms with Crippen LogP contribution < -0.4 is 10.2 Å². The number of hydrogen-bond acceptors (Lipinski definition) is 6. The second-order valence-corrected chi connectivity index (χ2v) is 7.07. The molecule has 0 spiro atoms. The van der Waals surface area contributed by atoms with Crippen LogP contribution in [0.15, 0.2) is 36.4 Å². The van der Waals surface area contributed by atoms with Gasteiger partial charge in [0.1, 0.15) is 5.69 Å². The Morgan fingerprint density at radius 2 is 2.04 bits per heavy atom. The van der Waals surface area contributed by atoms with Crippen LogP contribution in [0.4, 0.5) is 5.82 Å². The van der Waals surface area contributed by atoms with Gasteiger partial charge in [0, 0.05) is 25.6 Å². The number of carbonyl (C=O) groups is 1. The fraction of sp³-hybridized carbons (Fsp3) is 0.381. The SMILES string of the molecule is C#Cc1ccc(N2C[C@@H](O)[C@H](NC(=O)Cc3ccc(C(C)CO)cc3)C2)nn1. The summed E-state index contributed by atoms with van der Waals surface area (Å²) in [5.74, 6) is 2.95. The maximum Gasteiger partial charge on any atom is 0.224 e. The lowest BCUT2D eigenvalue weighted by Crippen LogP contribution is -2.43. The summed E-state index contributed by atoms with van der Waals surface area (Å²) in [7, 11) is 0. The highest BCUT2D eigenvalue weighted by Gasteiger charge is 2.33. The molecule has 0 aliphatic carbocycles. The number of benzene rings is 1. The molecule has 1 unspecified atom stereocenters. The van der Waals surface area contributed by atoms with Gasteiger partial charge >= 0.3 is 0 Å². The van der Waals surface area contributed by atoms with Crippen molar-refractivity contribution in [3.63, 3.8) is 0 Å². The number of nitrogens with one attached hydrogen (secondary N) is 1. The minimum atomic E-state index is -0.689. The number of hydrogen-bond donors (Lipinski definition) is 3. The number of rotatable bonds is 6. The van der Waals surface area contributed by atoms with Crippen molar-refractivity contribution in [1.82, 2.24) is 15.5 Å². The smallest absolute Gasteiger partial charge is 0.224 e. The van der Waals surface area contributed by atoms with Crippen LogP contribution >= 0.6 is 0 Å². The summed E-state index contributed by atoms with van der Waals surface area (Å²) >= 11 is 0. The Balaban J connectivity index is 1.55. The summed E-state index contributed by atoms with van der Waals surface area (Å²) in [5.41, 5.74) is 2.37. The topological polar surface area (TPSA) is 98.6 Å². The van der Waals surface area contributed by atoms with Gasteiger partial charge in [-0.15, -0.1) is 16.6 Å². The lowest BCUT2D eigenvalue weighted by molar-refractivity contribution is -0.121. The van der Waals surface area contributed by atoms with Crippen LogP contribution in [-0.4, -0.2) is 58.2 Å². The highest BCUT2D eigenvalue weighted by atomic mass is 16.3. The molecule has 1 aliphatic heterocycles. The number of anilines is 1. The first kappa shape index (κ1) is 19.8. The van der Waals surface area contributed by atoms with E-state index in [4.69, 9.17) is 6.42 Å². The third-order valence-electron chi connectivity index (χ3n) is 4.95. The van der Waals surface area contributed by atoms with Crippen LogP contribution in [0.25, 0.3) is 0 Å². The zero-order valence-electron chi connectivity index (χ0n) is 15.7. The normalized spacial score (nSPS) is 19.9. The van der Waals surface area contributed by atoms with Gasteiger partial charge in [-0.25, -0.2) is 0 Å². The minimum Gasteiger partial charge on any atom is -0.396 e. The molecule has 7 nitrogen and oxygen atoms in total. The van der Waals surface area contributed by atoms with Gasteiger partial charge in [-0.05, 0) is 29.2 Å². The molecular formula is C21H24N4O3. The molecule has 1 aliphatic rings. The average molecular weight is 380 g/mol. The molecule has 3 rings (SSSR count). The molecule has 146 valence electrons. The number of amides is 1. The van der Waals surface area contributed by atoms with Gasteiger partial charge in [-0.2, -0.15) is 0 Å². The van der Waals surface area contributed by atoms with E-state index in [0.717, 1.165) is 11.1 Å². The molecule has 1 fully saturated rings. The first-order chi connectivity index (χ1) is 13.5. The zero-order chi connectivity index (χ0) is 20.1. The quantitative estimate of drug-likeness (QED) is 0.630. The van der Waals surface area contributed by atoms with Crippen molar-refractivity contribution in [2.24, 2.45) is 0 Å². The molecule has 7 heteroatoms. The Hall–Kier alpha value is -2.95. The average Bonchev–Trinajstić information content (AvgIpc) is 3.08. The number of terminal acetylenes is 1. The van der Waals surface area contributed by atoms with E-state index in [9.17, 15) is 15.0 Å². The van der Waals surface area contributed by atoms with Crippen LogP contribution in [0.1, 0.15) is 29.7 Å². The third-order valence-corrected chi connectivity index (χ3v) is 4.95. The number of carbonyl (C=O) groups excluding carboxylic acids is 1. The molecule has 1 aromatic carbocycles.